The average molecular weight is 565 g/mol. The van der Waals surface area contributed by atoms with Crippen molar-refractivity contribution in [3.63, 3.8) is 0 Å². The monoisotopic (exact) mass is 563 g/mol. The summed E-state index contributed by atoms with van der Waals surface area (Å²) in [5, 5.41) is 1.54. The van der Waals surface area contributed by atoms with Crippen LogP contribution in [0.3, 0.4) is 0 Å². The van der Waals surface area contributed by atoms with Crippen molar-refractivity contribution in [2.24, 2.45) is 0 Å². The Morgan fingerprint density at radius 1 is 0.892 bits per heavy atom. The van der Waals surface area contributed by atoms with Crippen LogP contribution in [0, 0.1) is 0 Å². The zero-order chi connectivity index (χ0) is 26.6. The number of hydrogen-bond donors (Lipinski definition) is 0. The van der Waals surface area contributed by atoms with E-state index in [9.17, 15) is 4.79 Å². The fraction of sp³-hybridized carbons (Fsp3) is 0.552. The van der Waals surface area contributed by atoms with Crippen LogP contribution in [0.2, 0.25) is 10.0 Å². The summed E-state index contributed by atoms with van der Waals surface area (Å²) in [7, 11) is 0. The second kappa shape index (κ2) is 12.6. The summed E-state index contributed by atoms with van der Waals surface area (Å²) in [5.41, 5.74) is 2.15. The van der Waals surface area contributed by atoms with Gasteiger partial charge in [-0.05, 0) is 88.1 Å². The van der Waals surface area contributed by atoms with Gasteiger partial charge in [-0.15, -0.1) is 0 Å². The number of halogens is 2. The number of benzene rings is 2. The molecule has 1 amide bonds. The SMILES string of the molecule is CSN1C[C@H](Cc2ccc(Cl)cc2)N(C2CCN(C(=O)OC(C)(C)C)CC2)C[C@@H]1Cc1ccc(Cl)cc1. The van der Waals surface area contributed by atoms with Crippen molar-refractivity contribution in [2.45, 2.75) is 70.2 Å². The Bertz CT molecular complexity index is 1020. The van der Waals surface area contributed by atoms with Crippen LogP contribution in [-0.4, -0.2) is 76.4 Å². The minimum Gasteiger partial charge on any atom is -0.444 e. The molecule has 0 aliphatic carbocycles. The van der Waals surface area contributed by atoms with Gasteiger partial charge in [0.25, 0.3) is 0 Å². The average Bonchev–Trinajstić information content (AvgIpc) is 2.86. The van der Waals surface area contributed by atoms with Crippen LogP contribution in [0.4, 0.5) is 4.79 Å². The number of piperazine rings is 1. The van der Waals surface area contributed by atoms with E-state index >= 15 is 0 Å². The predicted molar refractivity (Wildman–Crippen MR) is 156 cm³/mol. The summed E-state index contributed by atoms with van der Waals surface area (Å²) in [6, 6.07) is 17.8. The number of ether oxygens (including phenoxy) is 1. The van der Waals surface area contributed by atoms with Crippen LogP contribution in [0.15, 0.2) is 48.5 Å². The van der Waals surface area contributed by atoms with Crippen molar-refractivity contribution < 1.29 is 9.53 Å². The van der Waals surface area contributed by atoms with E-state index in [4.69, 9.17) is 27.9 Å². The summed E-state index contributed by atoms with van der Waals surface area (Å²) in [6.07, 6.45) is 5.87. The molecule has 0 bridgehead atoms. The molecule has 202 valence electrons. The molecule has 8 heteroatoms. The van der Waals surface area contributed by atoms with Crippen LogP contribution < -0.4 is 0 Å². The van der Waals surface area contributed by atoms with E-state index in [1.807, 2.05) is 61.9 Å². The number of piperidine rings is 1. The number of carbonyl (C=O) groups excluding carboxylic acids is 1. The van der Waals surface area contributed by atoms with Gasteiger partial charge >= 0.3 is 6.09 Å². The van der Waals surface area contributed by atoms with Gasteiger partial charge in [0, 0.05) is 54.3 Å². The van der Waals surface area contributed by atoms with Gasteiger partial charge in [0.05, 0.1) is 0 Å². The molecule has 2 aromatic carbocycles. The van der Waals surface area contributed by atoms with Gasteiger partial charge in [0.1, 0.15) is 5.60 Å². The summed E-state index contributed by atoms with van der Waals surface area (Å²) in [6.45, 7) is 9.23. The van der Waals surface area contributed by atoms with E-state index in [0.717, 1.165) is 61.9 Å². The lowest BCUT2D eigenvalue weighted by Gasteiger charge is -2.50. The molecule has 2 saturated heterocycles. The molecule has 5 nitrogen and oxygen atoms in total. The Labute approximate surface area is 236 Å². The minimum atomic E-state index is -0.472. The second-order valence-electron chi connectivity index (χ2n) is 11.1. The van der Waals surface area contributed by atoms with Gasteiger partial charge < -0.3 is 9.64 Å². The number of carbonyl (C=O) groups is 1. The summed E-state index contributed by atoms with van der Waals surface area (Å²) in [4.78, 5) is 17.3. The summed E-state index contributed by atoms with van der Waals surface area (Å²) in [5.74, 6) is 0. The highest BCUT2D eigenvalue weighted by Gasteiger charge is 2.39. The molecule has 0 radical (unpaired) electrons. The Hall–Kier alpha value is -1.44. The van der Waals surface area contributed by atoms with Gasteiger partial charge in [0.2, 0.25) is 0 Å². The van der Waals surface area contributed by atoms with Crippen LogP contribution in [-0.2, 0) is 17.6 Å². The van der Waals surface area contributed by atoms with Crippen molar-refractivity contribution in [3.05, 3.63) is 69.7 Å². The molecule has 0 unspecified atom stereocenters. The van der Waals surface area contributed by atoms with Crippen LogP contribution in [0.1, 0.15) is 44.7 Å². The molecule has 0 saturated carbocycles. The van der Waals surface area contributed by atoms with Gasteiger partial charge in [-0.25, -0.2) is 9.10 Å². The molecule has 0 N–H and O–H groups in total. The molecule has 37 heavy (non-hydrogen) atoms. The van der Waals surface area contributed by atoms with Gasteiger partial charge in [-0.3, -0.25) is 4.90 Å². The number of amides is 1. The van der Waals surface area contributed by atoms with E-state index < -0.39 is 5.60 Å². The smallest absolute Gasteiger partial charge is 0.410 e. The molecule has 4 rings (SSSR count). The number of nitrogens with zero attached hydrogens (tertiary/aromatic N) is 3. The van der Waals surface area contributed by atoms with Crippen molar-refractivity contribution in [2.75, 3.05) is 32.4 Å². The molecular formula is C29H39Cl2N3O2S. The van der Waals surface area contributed by atoms with Crippen LogP contribution in [0.5, 0.6) is 0 Å². The molecule has 2 aliphatic heterocycles. The fourth-order valence-electron chi connectivity index (χ4n) is 5.46. The first-order chi connectivity index (χ1) is 17.6. The molecule has 2 fully saturated rings. The fourth-order valence-corrected chi connectivity index (χ4v) is 6.47. The normalized spacial score (nSPS) is 22.3. The maximum Gasteiger partial charge on any atom is 0.410 e. The van der Waals surface area contributed by atoms with E-state index in [-0.39, 0.29) is 6.09 Å². The first-order valence-electron chi connectivity index (χ1n) is 13.1. The van der Waals surface area contributed by atoms with Crippen molar-refractivity contribution in [1.82, 2.24) is 14.1 Å². The number of hydrogen-bond acceptors (Lipinski definition) is 5. The van der Waals surface area contributed by atoms with Gasteiger partial charge in [-0.1, -0.05) is 59.4 Å². The van der Waals surface area contributed by atoms with Crippen LogP contribution >= 0.6 is 35.1 Å². The highest BCUT2D eigenvalue weighted by molar-refractivity contribution is 7.96. The molecule has 2 heterocycles. The molecule has 2 aliphatic rings. The maximum absolute atomic E-state index is 12.7. The van der Waals surface area contributed by atoms with Gasteiger partial charge in [0.15, 0.2) is 0 Å². The van der Waals surface area contributed by atoms with Gasteiger partial charge in [-0.2, -0.15) is 0 Å². The van der Waals surface area contributed by atoms with E-state index in [1.54, 1.807) is 0 Å². The quantitative estimate of drug-likeness (QED) is 0.360. The molecular weight excluding hydrogens is 525 g/mol. The lowest BCUT2D eigenvalue weighted by Crippen LogP contribution is -2.61. The Kier molecular flexibility index (Phi) is 9.73. The van der Waals surface area contributed by atoms with Crippen LogP contribution in [0.25, 0.3) is 0 Å². The van der Waals surface area contributed by atoms with E-state index in [0.29, 0.717) is 18.1 Å². The third-order valence-electron chi connectivity index (χ3n) is 7.28. The van der Waals surface area contributed by atoms with Crippen molar-refractivity contribution in [1.29, 1.82) is 0 Å². The highest BCUT2D eigenvalue weighted by Crippen LogP contribution is 2.31. The third-order valence-corrected chi connectivity index (χ3v) is 8.70. The highest BCUT2D eigenvalue weighted by atomic mass is 35.5. The molecule has 0 spiro atoms. The topological polar surface area (TPSA) is 36.0 Å². The predicted octanol–water partition coefficient (Wildman–Crippen LogP) is 6.81. The first-order valence-corrected chi connectivity index (χ1v) is 15.1. The lowest BCUT2D eigenvalue weighted by molar-refractivity contribution is -0.00256. The second-order valence-corrected chi connectivity index (χ2v) is 12.9. The largest absolute Gasteiger partial charge is 0.444 e. The zero-order valence-electron chi connectivity index (χ0n) is 22.3. The number of rotatable bonds is 6. The van der Waals surface area contributed by atoms with E-state index in [2.05, 4.69) is 39.7 Å². The standard InChI is InChI=1S/C29H39Cl2N3O2S/c1-29(2,3)36-28(35)32-15-13-25(14-16-32)33-19-27(18-22-7-11-24(31)12-8-22)34(37-4)20-26(33)17-21-5-9-23(30)10-6-21/h5-12,25-27H,13-20H2,1-4H3/t26-,27-/m0/s1. The molecule has 0 aromatic heterocycles. The first kappa shape index (κ1) is 28.6. The maximum atomic E-state index is 12.7. The Morgan fingerprint density at radius 2 is 1.41 bits per heavy atom. The molecule has 2 aromatic rings. The Morgan fingerprint density at radius 3 is 1.89 bits per heavy atom. The lowest BCUT2D eigenvalue weighted by atomic mass is 9.93. The van der Waals surface area contributed by atoms with Crippen molar-refractivity contribution in [3.8, 4) is 0 Å². The summed E-state index contributed by atoms with van der Waals surface area (Å²) >= 11 is 14.1. The third kappa shape index (κ3) is 8.03. The Balaban J connectivity index is 1.49. The summed E-state index contributed by atoms with van der Waals surface area (Å²) < 4.78 is 8.19. The zero-order valence-corrected chi connectivity index (χ0v) is 24.7. The molecule has 2 atom stereocenters. The van der Waals surface area contributed by atoms with E-state index in [1.165, 1.54) is 11.1 Å². The number of likely N-dealkylation sites (tertiary alicyclic amines) is 1. The minimum absolute atomic E-state index is 0.198. The van der Waals surface area contributed by atoms with Crippen molar-refractivity contribution >= 4 is 41.2 Å².